The summed E-state index contributed by atoms with van der Waals surface area (Å²) in [5.41, 5.74) is 0. The third-order valence-electron chi connectivity index (χ3n) is 4.92. The molecule has 2 fully saturated rings. The highest BCUT2D eigenvalue weighted by molar-refractivity contribution is 4.95. The molecule has 0 aromatic carbocycles. The zero-order chi connectivity index (χ0) is 12.1. The summed E-state index contributed by atoms with van der Waals surface area (Å²) in [6.45, 7) is 2.39. The third-order valence-corrected chi connectivity index (χ3v) is 4.92. The smallest absolute Gasteiger partial charge is 0.0655 e. The highest BCUT2D eigenvalue weighted by Gasteiger charge is 2.23. The molecule has 0 unspecified atom stereocenters. The van der Waals surface area contributed by atoms with Crippen LogP contribution in [0.3, 0.4) is 0 Å². The van der Waals surface area contributed by atoms with Crippen molar-refractivity contribution in [2.45, 2.75) is 71.1 Å². The number of rotatable bonds is 3. The summed E-state index contributed by atoms with van der Waals surface area (Å²) < 4.78 is 0. The number of nitriles is 1. The van der Waals surface area contributed by atoms with Gasteiger partial charge in [0.05, 0.1) is 6.07 Å². The number of hydrogen-bond acceptors (Lipinski definition) is 1. The molecule has 0 aromatic rings. The van der Waals surface area contributed by atoms with E-state index in [0.29, 0.717) is 5.92 Å². The SMILES string of the molecule is CC1CC[C](CCC2CCC(C#N)CC2)CC1. The van der Waals surface area contributed by atoms with Crippen molar-refractivity contribution < 1.29 is 0 Å². The Morgan fingerprint density at radius 1 is 1.06 bits per heavy atom. The molecule has 2 rings (SSSR count). The van der Waals surface area contributed by atoms with Crippen molar-refractivity contribution in [3.63, 3.8) is 0 Å². The maximum atomic E-state index is 8.88. The van der Waals surface area contributed by atoms with Crippen molar-refractivity contribution in [2.75, 3.05) is 0 Å². The molecule has 0 spiro atoms. The van der Waals surface area contributed by atoms with E-state index in [0.717, 1.165) is 24.7 Å². The molecule has 0 heterocycles. The van der Waals surface area contributed by atoms with Crippen LogP contribution in [0, 0.1) is 35.0 Å². The maximum Gasteiger partial charge on any atom is 0.0655 e. The van der Waals surface area contributed by atoms with Crippen LogP contribution in [0.4, 0.5) is 0 Å². The van der Waals surface area contributed by atoms with Crippen molar-refractivity contribution in [3.8, 4) is 6.07 Å². The van der Waals surface area contributed by atoms with E-state index in [1.54, 1.807) is 0 Å². The van der Waals surface area contributed by atoms with Gasteiger partial charge < -0.3 is 0 Å². The summed E-state index contributed by atoms with van der Waals surface area (Å²) in [6, 6.07) is 2.43. The topological polar surface area (TPSA) is 23.8 Å². The van der Waals surface area contributed by atoms with Gasteiger partial charge in [-0.25, -0.2) is 0 Å². The van der Waals surface area contributed by atoms with Crippen LogP contribution in [-0.2, 0) is 0 Å². The summed E-state index contributed by atoms with van der Waals surface area (Å²) in [4.78, 5) is 0. The molecule has 2 saturated carbocycles. The van der Waals surface area contributed by atoms with Gasteiger partial charge in [-0.2, -0.15) is 5.26 Å². The van der Waals surface area contributed by atoms with Crippen molar-refractivity contribution in [1.29, 1.82) is 5.26 Å². The van der Waals surface area contributed by atoms with E-state index in [4.69, 9.17) is 5.26 Å². The van der Waals surface area contributed by atoms with Crippen LogP contribution < -0.4 is 0 Å². The Kier molecular flexibility index (Phi) is 4.89. The molecule has 0 aliphatic heterocycles. The van der Waals surface area contributed by atoms with Gasteiger partial charge in [0.15, 0.2) is 0 Å². The van der Waals surface area contributed by atoms with E-state index in [9.17, 15) is 0 Å². The Labute approximate surface area is 107 Å². The molecule has 0 atom stereocenters. The summed E-state index contributed by atoms with van der Waals surface area (Å²) in [6.07, 6.45) is 13.4. The second kappa shape index (κ2) is 6.43. The minimum atomic E-state index is 0.370. The fourth-order valence-electron chi connectivity index (χ4n) is 3.41. The molecule has 1 heteroatoms. The van der Waals surface area contributed by atoms with E-state index >= 15 is 0 Å². The first-order valence-corrected chi connectivity index (χ1v) is 7.51. The van der Waals surface area contributed by atoms with E-state index in [-0.39, 0.29) is 0 Å². The predicted molar refractivity (Wildman–Crippen MR) is 71.2 cm³/mol. The third kappa shape index (κ3) is 4.02. The first-order valence-electron chi connectivity index (χ1n) is 7.51. The number of hydrogen-bond donors (Lipinski definition) is 0. The van der Waals surface area contributed by atoms with Crippen LogP contribution in [0.2, 0.25) is 0 Å². The second-order valence-electron chi connectivity index (χ2n) is 6.32. The van der Waals surface area contributed by atoms with E-state index < -0.39 is 0 Å². The Balaban J connectivity index is 1.61. The van der Waals surface area contributed by atoms with Gasteiger partial charge in [-0.15, -0.1) is 0 Å². The maximum absolute atomic E-state index is 8.88. The summed E-state index contributed by atoms with van der Waals surface area (Å²) in [5.74, 6) is 4.09. The Morgan fingerprint density at radius 3 is 2.29 bits per heavy atom. The minimum absolute atomic E-state index is 0.370. The molecule has 0 saturated heterocycles. The van der Waals surface area contributed by atoms with Crippen molar-refractivity contribution in [2.24, 2.45) is 17.8 Å². The van der Waals surface area contributed by atoms with Crippen molar-refractivity contribution in [3.05, 3.63) is 5.92 Å². The lowest BCUT2D eigenvalue weighted by Crippen LogP contribution is -2.16. The molecule has 0 N–H and O–H groups in total. The van der Waals surface area contributed by atoms with Crippen molar-refractivity contribution >= 4 is 0 Å². The van der Waals surface area contributed by atoms with E-state index in [2.05, 4.69) is 13.0 Å². The molecular weight excluding hydrogens is 206 g/mol. The Morgan fingerprint density at radius 2 is 1.71 bits per heavy atom. The standard InChI is InChI=1S/C16H26N/c1-13-2-4-14(5-3-13)6-7-15-8-10-16(12-17)11-9-15/h13,15-16H,2-11H2,1H3. The summed E-state index contributed by atoms with van der Waals surface area (Å²) >= 11 is 0. The zero-order valence-electron chi connectivity index (χ0n) is 11.3. The summed E-state index contributed by atoms with van der Waals surface area (Å²) in [7, 11) is 0. The average Bonchev–Trinajstić information content (AvgIpc) is 2.39. The van der Waals surface area contributed by atoms with Crippen LogP contribution in [0.25, 0.3) is 0 Å². The molecule has 2 aliphatic carbocycles. The summed E-state index contributed by atoms with van der Waals surface area (Å²) in [5, 5.41) is 8.88. The lowest BCUT2D eigenvalue weighted by molar-refractivity contribution is 0.288. The zero-order valence-corrected chi connectivity index (χ0v) is 11.3. The molecule has 0 amide bonds. The lowest BCUT2D eigenvalue weighted by Gasteiger charge is -2.29. The van der Waals surface area contributed by atoms with Crippen molar-refractivity contribution in [1.82, 2.24) is 0 Å². The van der Waals surface area contributed by atoms with Gasteiger partial charge in [0, 0.05) is 5.92 Å². The van der Waals surface area contributed by atoms with Gasteiger partial charge in [-0.1, -0.05) is 19.8 Å². The average molecular weight is 232 g/mol. The fraction of sp³-hybridized carbons (Fsp3) is 0.875. The van der Waals surface area contributed by atoms with Gasteiger partial charge in [0.2, 0.25) is 0 Å². The molecule has 1 radical (unpaired) electrons. The molecule has 0 aromatic heterocycles. The molecule has 1 nitrogen and oxygen atoms in total. The first-order chi connectivity index (χ1) is 8.28. The Bertz CT molecular complexity index is 249. The van der Waals surface area contributed by atoms with Gasteiger partial charge in [-0.3, -0.25) is 0 Å². The molecule has 17 heavy (non-hydrogen) atoms. The van der Waals surface area contributed by atoms with Crippen LogP contribution in [0.1, 0.15) is 71.1 Å². The van der Waals surface area contributed by atoms with E-state index in [1.165, 1.54) is 51.4 Å². The first kappa shape index (κ1) is 12.9. The molecule has 2 aliphatic rings. The van der Waals surface area contributed by atoms with Crippen LogP contribution in [0.15, 0.2) is 0 Å². The molecule has 0 bridgehead atoms. The highest BCUT2D eigenvalue weighted by Crippen LogP contribution is 2.37. The second-order valence-corrected chi connectivity index (χ2v) is 6.32. The van der Waals surface area contributed by atoms with Gasteiger partial charge in [0.1, 0.15) is 0 Å². The predicted octanol–water partition coefficient (Wildman–Crippen LogP) is 4.88. The lowest BCUT2D eigenvalue weighted by atomic mass is 9.76. The number of nitrogens with zero attached hydrogens (tertiary/aromatic N) is 1. The van der Waals surface area contributed by atoms with Gasteiger partial charge in [-0.05, 0) is 69.1 Å². The normalized spacial score (nSPS) is 32.2. The Hall–Kier alpha value is -0.510. The van der Waals surface area contributed by atoms with Crippen LogP contribution in [0.5, 0.6) is 0 Å². The van der Waals surface area contributed by atoms with Gasteiger partial charge in [0.25, 0.3) is 0 Å². The quantitative estimate of drug-likeness (QED) is 0.680. The minimum Gasteiger partial charge on any atom is -0.198 e. The molecular formula is C16H26N. The monoisotopic (exact) mass is 232 g/mol. The largest absolute Gasteiger partial charge is 0.198 e. The highest BCUT2D eigenvalue weighted by atomic mass is 14.3. The van der Waals surface area contributed by atoms with Gasteiger partial charge >= 0.3 is 0 Å². The van der Waals surface area contributed by atoms with Crippen LogP contribution >= 0.6 is 0 Å². The fourth-order valence-corrected chi connectivity index (χ4v) is 3.41. The molecule has 95 valence electrons. The van der Waals surface area contributed by atoms with Crippen LogP contribution in [-0.4, -0.2) is 0 Å². The van der Waals surface area contributed by atoms with E-state index in [1.807, 2.05) is 5.92 Å².